The number of amides is 1. The molecule has 1 heterocycles. The number of rotatable bonds is 3. The van der Waals surface area contributed by atoms with Crippen LogP contribution in [-0.4, -0.2) is 41.5 Å². The van der Waals surface area contributed by atoms with Crippen LogP contribution in [0.4, 0.5) is 4.79 Å². The number of alkyl carbamates (subject to hydrolysis) is 1. The van der Waals surface area contributed by atoms with Crippen LogP contribution in [0.5, 0.6) is 0 Å². The van der Waals surface area contributed by atoms with Gasteiger partial charge in [0.05, 0.1) is 17.6 Å². The molecule has 1 saturated carbocycles. The van der Waals surface area contributed by atoms with Gasteiger partial charge in [-0.15, -0.1) is 0 Å². The molecule has 2 N–H and O–H groups in total. The van der Waals surface area contributed by atoms with E-state index in [-0.39, 0.29) is 6.61 Å². The van der Waals surface area contributed by atoms with Gasteiger partial charge in [0.15, 0.2) is 0 Å². The number of aliphatic carboxylic acids is 1. The van der Waals surface area contributed by atoms with E-state index in [9.17, 15) is 14.7 Å². The van der Waals surface area contributed by atoms with Crippen LogP contribution in [0.1, 0.15) is 40.0 Å². The highest BCUT2D eigenvalue weighted by Gasteiger charge is 2.67. The molecule has 0 aromatic rings. The van der Waals surface area contributed by atoms with E-state index in [2.05, 4.69) is 5.32 Å². The van der Waals surface area contributed by atoms with Gasteiger partial charge in [0.1, 0.15) is 5.60 Å². The maximum atomic E-state index is 11.9. The fraction of sp³-hybridized carbons (Fsp3) is 0.846. The minimum atomic E-state index is -0.888. The second-order valence-corrected chi connectivity index (χ2v) is 6.40. The molecule has 6 nitrogen and oxygen atoms in total. The lowest BCUT2D eigenvalue weighted by molar-refractivity contribution is -0.147. The Morgan fingerprint density at radius 1 is 1.26 bits per heavy atom. The summed E-state index contributed by atoms with van der Waals surface area (Å²) in [5, 5.41) is 12.2. The molecule has 1 aliphatic heterocycles. The van der Waals surface area contributed by atoms with Crippen molar-refractivity contribution >= 4 is 12.1 Å². The Morgan fingerprint density at radius 3 is 2.26 bits per heavy atom. The number of nitrogens with one attached hydrogen (secondary N) is 1. The van der Waals surface area contributed by atoms with Crippen molar-refractivity contribution in [3.05, 3.63) is 0 Å². The average molecular weight is 271 g/mol. The van der Waals surface area contributed by atoms with E-state index in [1.54, 1.807) is 20.8 Å². The van der Waals surface area contributed by atoms with E-state index >= 15 is 0 Å². The van der Waals surface area contributed by atoms with Crippen LogP contribution in [0.2, 0.25) is 0 Å². The Balaban J connectivity index is 2.13. The SMILES string of the molecule is CC(C)(C)OC(=O)NC1(C2(C(=O)O)CC2)CCOC1. The standard InChI is InChI=1S/C13H21NO5/c1-11(2,3)19-10(17)14-13(6-7-18-8-13)12(4-5-12)9(15)16/h4-8H2,1-3H3,(H,14,17)(H,15,16). The van der Waals surface area contributed by atoms with Crippen LogP contribution in [0, 0.1) is 5.41 Å². The third-order valence-corrected chi connectivity index (χ3v) is 3.84. The topological polar surface area (TPSA) is 84.9 Å². The molecule has 2 rings (SSSR count). The summed E-state index contributed by atoms with van der Waals surface area (Å²) in [6, 6.07) is 0. The first-order chi connectivity index (χ1) is 8.71. The molecule has 1 unspecified atom stereocenters. The Morgan fingerprint density at radius 2 is 1.89 bits per heavy atom. The van der Waals surface area contributed by atoms with Crippen molar-refractivity contribution in [3.63, 3.8) is 0 Å². The van der Waals surface area contributed by atoms with Crippen LogP contribution in [0.3, 0.4) is 0 Å². The second-order valence-electron chi connectivity index (χ2n) is 6.40. The highest BCUT2D eigenvalue weighted by Crippen LogP contribution is 2.57. The van der Waals surface area contributed by atoms with Crippen LogP contribution < -0.4 is 5.32 Å². The molecule has 2 fully saturated rings. The summed E-state index contributed by atoms with van der Waals surface area (Å²) in [5.41, 5.74) is -2.33. The lowest BCUT2D eigenvalue weighted by Gasteiger charge is -2.35. The van der Waals surface area contributed by atoms with Crippen molar-refractivity contribution in [2.24, 2.45) is 5.41 Å². The van der Waals surface area contributed by atoms with Crippen molar-refractivity contribution < 1.29 is 24.2 Å². The molecule has 0 spiro atoms. The first-order valence-electron chi connectivity index (χ1n) is 6.53. The lowest BCUT2D eigenvalue weighted by Crippen LogP contribution is -2.59. The molecule has 0 aromatic heterocycles. The van der Waals surface area contributed by atoms with E-state index in [4.69, 9.17) is 9.47 Å². The van der Waals surface area contributed by atoms with E-state index < -0.39 is 28.6 Å². The van der Waals surface area contributed by atoms with E-state index in [0.29, 0.717) is 25.9 Å². The smallest absolute Gasteiger partial charge is 0.408 e. The molecule has 1 aliphatic carbocycles. The summed E-state index contributed by atoms with van der Waals surface area (Å²) >= 11 is 0. The molecular formula is C13H21NO5. The quantitative estimate of drug-likeness (QED) is 0.813. The highest BCUT2D eigenvalue weighted by atomic mass is 16.6. The Hall–Kier alpha value is -1.30. The number of hydrogen-bond donors (Lipinski definition) is 2. The summed E-state index contributed by atoms with van der Waals surface area (Å²) in [6.45, 7) is 6.01. The van der Waals surface area contributed by atoms with Crippen LogP contribution >= 0.6 is 0 Å². The Labute approximate surface area is 112 Å². The van der Waals surface area contributed by atoms with Crippen molar-refractivity contribution in [2.45, 2.75) is 51.2 Å². The molecular weight excluding hydrogens is 250 g/mol. The van der Waals surface area contributed by atoms with Crippen molar-refractivity contribution in [2.75, 3.05) is 13.2 Å². The van der Waals surface area contributed by atoms with Crippen molar-refractivity contribution in [3.8, 4) is 0 Å². The zero-order valence-electron chi connectivity index (χ0n) is 11.6. The molecule has 1 atom stereocenters. The van der Waals surface area contributed by atoms with Gasteiger partial charge in [0.2, 0.25) is 0 Å². The molecule has 0 aromatic carbocycles. The van der Waals surface area contributed by atoms with E-state index in [0.717, 1.165) is 0 Å². The maximum Gasteiger partial charge on any atom is 0.408 e. The minimum Gasteiger partial charge on any atom is -0.481 e. The van der Waals surface area contributed by atoms with Crippen LogP contribution in [0.15, 0.2) is 0 Å². The molecule has 19 heavy (non-hydrogen) atoms. The Bertz CT molecular complexity index is 388. The van der Waals surface area contributed by atoms with Gasteiger partial charge >= 0.3 is 12.1 Å². The fourth-order valence-corrected chi connectivity index (χ4v) is 2.68. The summed E-state index contributed by atoms with van der Waals surface area (Å²) in [6.07, 6.45) is 1.08. The summed E-state index contributed by atoms with van der Waals surface area (Å²) in [7, 11) is 0. The van der Waals surface area contributed by atoms with Gasteiger partial charge in [-0.1, -0.05) is 0 Å². The number of carboxylic acid groups (broad SMARTS) is 1. The van der Waals surface area contributed by atoms with Gasteiger partial charge in [-0.2, -0.15) is 0 Å². The minimum absolute atomic E-state index is 0.235. The number of hydrogen-bond acceptors (Lipinski definition) is 4. The zero-order chi connectivity index (χ0) is 14.3. The normalized spacial score (nSPS) is 28.8. The molecule has 0 bridgehead atoms. The van der Waals surface area contributed by atoms with Gasteiger partial charge in [-0.25, -0.2) is 4.79 Å². The second kappa shape index (κ2) is 4.37. The zero-order valence-corrected chi connectivity index (χ0v) is 11.6. The summed E-state index contributed by atoms with van der Waals surface area (Å²) < 4.78 is 10.6. The largest absolute Gasteiger partial charge is 0.481 e. The monoisotopic (exact) mass is 271 g/mol. The van der Waals surface area contributed by atoms with Crippen LogP contribution in [-0.2, 0) is 14.3 Å². The highest BCUT2D eigenvalue weighted by molar-refractivity contribution is 5.82. The molecule has 0 radical (unpaired) electrons. The number of carbonyl (C=O) groups is 2. The summed E-state index contributed by atoms with van der Waals surface area (Å²) in [4.78, 5) is 23.4. The first kappa shape index (κ1) is 14.1. The molecule has 6 heteroatoms. The maximum absolute atomic E-state index is 11.9. The molecule has 2 aliphatic rings. The summed E-state index contributed by atoms with van der Waals surface area (Å²) in [5.74, 6) is -0.867. The first-order valence-corrected chi connectivity index (χ1v) is 6.53. The predicted molar refractivity (Wildman–Crippen MR) is 66.8 cm³/mol. The number of carbonyl (C=O) groups excluding carboxylic acids is 1. The van der Waals surface area contributed by atoms with Gasteiger partial charge < -0.3 is 19.9 Å². The molecule has 1 saturated heterocycles. The van der Waals surface area contributed by atoms with Gasteiger partial charge in [-0.3, -0.25) is 4.79 Å². The van der Waals surface area contributed by atoms with Crippen molar-refractivity contribution in [1.29, 1.82) is 0 Å². The van der Waals surface area contributed by atoms with Crippen LogP contribution in [0.25, 0.3) is 0 Å². The van der Waals surface area contributed by atoms with E-state index in [1.165, 1.54) is 0 Å². The predicted octanol–water partition coefficient (Wildman–Crippen LogP) is 1.53. The van der Waals surface area contributed by atoms with Gasteiger partial charge in [-0.05, 0) is 40.0 Å². The third-order valence-electron chi connectivity index (χ3n) is 3.84. The molecule has 108 valence electrons. The fourth-order valence-electron chi connectivity index (χ4n) is 2.68. The average Bonchev–Trinajstić information content (AvgIpc) is 2.93. The molecule has 1 amide bonds. The third kappa shape index (κ3) is 2.54. The van der Waals surface area contributed by atoms with E-state index in [1.807, 2.05) is 0 Å². The number of ether oxygens (including phenoxy) is 2. The van der Waals surface area contributed by atoms with Gasteiger partial charge in [0, 0.05) is 6.61 Å². The lowest BCUT2D eigenvalue weighted by atomic mass is 9.80. The van der Waals surface area contributed by atoms with Gasteiger partial charge in [0.25, 0.3) is 0 Å². The number of carboxylic acids is 1. The Kier molecular flexibility index (Phi) is 3.24. The van der Waals surface area contributed by atoms with Crippen molar-refractivity contribution in [1.82, 2.24) is 5.32 Å².